The van der Waals surface area contributed by atoms with E-state index in [0.717, 1.165) is 16.7 Å². The summed E-state index contributed by atoms with van der Waals surface area (Å²) >= 11 is 0. The third kappa shape index (κ3) is 4.67. The zero-order valence-electron chi connectivity index (χ0n) is 17.4. The maximum absolute atomic E-state index is 13.0. The van der Waals surface area contributed by atoms with Gasteiger partial charge < -0.3 is 4.42 Å². The Morgan fingerprint density at radius 2 is 1.68 bits per heavy atom. The van der Waals surface area contributed by atoms with Gasteiger partial charge >= 0.3 is 6.01 Å². The van der Waals surface area contributed by atoms with Gasteiger partial charge in [-0.25, -0.2) is 8.42 Å². The maximum Gasteiger partial charge on any atom is 0.322 e. The molecular weight excluding hydrogens is 416 g/mol. The lowest BCUT2D eigenvalue weighted by Crippen LogP contribution is -2.43. The quantitative estimate of drug-likeness (QED) is 0.652. The van der Waals surface area contributed by atoms with Gasteiger partial charge in [-0.05, 0) is 51.0 Å². The number of piperidine rings is 1. The van der Waals surface area contributed by atoms with Crippen LogP contribution in [0.1, 0.15) is 24.0 Å². The molecule has 2 heterocycles. The summed E-state index contributed by atoms with van der Waals surface area (Å²) in [4.78, 5) is 13.0. The Morgan fingerprint density at radius 3 is 2.35 bits per heavy atom. The number of amides is 1. The van der Waals surface area contributed by atoms with Crippen LogP contribution in [0.5, 0.6) is 0 Å². The van der Waals surface area contributed by atoms with Crippen molar-refractivity contribution in [2.45, 2.75) is 31.6 Å². The van der Waals surface area contributed by atoms with Crippen LogP contribution in [0, 0.1) is 19.8 Å². The van der Waals surface area contributed by atoms with E-state index in [9.17, 15) is 13.2 Å². The highest BCUT2D eigenvalue weighted by Crippen LogP contribution is 2.26. The second-order valence-corrected chi connectivity index (χ2v) is 9.72. The third-order valence-corrected chi connectivity index (χ3v) is 7.25. The number of benzene rings is 2. The van der Waals surface area contributed by atoms with Gasteiger partial charge in [0, 0.05) is 18.7 Å². The predicted molar refractivity (Wildman–Crippen MR) is 116 cm³/mol. The van der Waals surface area contributed by atoms with Crippen LogP contribution in [0.4, 0.5) is 6.01 Å². The summed E-state index contributed by atoms with van der Waals surface area (Å²) in [6.07, 6.45) is 1.19. The molecule has 1 aliphatic rings. The lowest BCUT2D eigenvalue weighted by molar-refractivity contribution is -0.121. The van der Waals surface area contributed by atoms with Gasteiger partial charge in [-0.2, -0.15) is 4.31 Å². The fourth-order valence-corrected chi connectivity index (χ4v) is 5.05. The van der Waals surface area contributed by atoms with Crippen molar-refractivity contribution < 1.29 is 17.6 Å². The molecule has 1 atom stereocenters. The molecule has 1 saturated heterocycles. The van der Waals surface area contributed by atoms with Crippen molar-refractivity contribution in [3.8, 4) is 11.5 Å². The number of carbonyl (C=O) groups excluding carboxylic acids is 1. The van der Waals surface area contributed by atoms with Gasteiger partial charge in [0.25, 0.3) is 0 Å². The Bertz CT molecular complexity index is 1170. The Balaban J connectivity index is 1.43. The molecule has 8 nitrogen and oxygen atoms in total. The van der Waals surface area contributed by atoms with Crippen molar-refractivity contribution in [2.75, 3.05) is 18.4 Å². The minimum atomic E-state index is -3.65. The highest BCUT2D eigenvalue weighted by Gasteiger charge is 2.33. The van der Waals surface area contributed by atoms with Crippen molar-refractivity contribution in [3.63, 3.8) is 0 Å². The van der Waals surface area contributed by atoms with Crippen LogP contribution in [-0.4, -0.2) is 41.9 Å². The molecule has 1 amide bonds. The fourth-order valence-electron chi connectivity index (χ4n) is 3.53. The average molecular weight is 441 g/mol. The van der Waals surface area contributed by atoms with E-state index in [-0.39, 0.29) is 23.4 Å². The first-order valence-electron chi connectivity index (χ1n) is 10.1. The summed E-state index contributed by atoms with van der Waals surface area (Å²) < 4.78 is 32.9. The number of aromatic nitrogens is 2. The summed E-state index contributed by atoms with van der Waals surface area (Å²) in [5.41, 5.74) is 2.85. The van der Waals surface area contributed by atoms with Gasteiger partial charge in [0.1, 0.15) is 0 Å². The van der Waals surface area contributed by atoms with Crippen molar-refractivity contribution in [2.24, 2.45) is 5.92 Å². The van der Waals surface area contributed by atoms with Gasteiger partial charge in [0.05, 0.1) is 10.8 Å². The minimum Gasteiger partial charge on any atom is -0.403 e. The van der Waals surface area contributed by atoms with E-state index in [2.05, 4.69) is 15.5 Å². The van der Waals surface area contributed by atoms with Crippen LogP contribution in [-0.2, 0) is 14.8 Å². The van der Waals surface area contributed by atoms with E-state index < -0.39 is 15.9 Å². The minimum absolute atomic E-state index is 0.000842. The maximum atomic E-state index is 13.0. The van der Waals surface area contributed by atoms with Gasteiger partial charge in [0.15, 0.2) is 0 Å². The Labute approximate surface area is 181 Å². The molecule has 1 unspecified atom stereocenters. The number of nitrogens with zero attached hydrogens (tertiary/aromatic N) is 3. The summed E-state index contributed by atoms with van der Waals surface area (Å²) in [5.74, 6) is -0.519. The number of anilines is 1. The Morgan fingerprint density at radius 1 is 1.03 bits per heavy atom. The van der Waals surface area contributed by atoms with E-state index in [1.54, 1.807) is 24.3 Å². The van der Waals surface area contributed by atoms with Crippen molar-refractivity contribution in [1.82, 2.24) is 14.5 Å². The van der Waals surface area contributed by atoms with Gasteiger partial charge in [-0.3, -0.25) is 10.1 Å². The average Bonchev–Trinajstić information content (AvgIpc) is 3.23. The number of hydrogen-bond acceptors (Lipinski definition) is 6. The largest absolute Gasteiger partial charge is 0.403 e. The monoisotopic (exact) mass is 440 g/mol. The molecule has 162 valence electrons. The number of sulfonamides is 1. The summed E-state index contributed by atoms with van der Waals surface area (Å²) in [7, 11) is -3.65. The Hall–Kier alpha value is -3.04. The van der Waals surface area contributed by atoms with E-state index in [0.29, 0.717) is 25.3 Å². The second-order valence-electron chi connectivity index (χ2n) is 7.78. The fraction of sp³-hybridized carbons (Fsp3) is 0.318. The number of rotatable bonds is 5. The standard InChI is InChI=1S/C22H24N4O4S/c1-15-5-9-17(10-6-15)21-24-25-22(30-21)23-20(27)18-4-3-13-26(14-18)31(28,29)19-11-7-16(2)8-12-19/h5-12,18H,3-4,13-14H2,1-2H3,(H,23,25,27). The zero-order chi connectivity index (χ0) is 22.0. The third-order valence-electron chi connectivity index (χ3n) is 5.37. The van der Waals surface area contributed by atoms with Crippen molar-refractivity contribution in [3.05, 3.63) is 59.7 Å². The van der Waals surface area contributed by atoms with E-state index in [1.165, 1.54) is 4.31 Å². The van der Waals surface area contributed by atoms with Crippen molar-refractivity contribution in [1.29, 1.82) is 0 Å². The number of hydrogen-bond donors (Lipinski definition) is 1. The van der Waals surface area contributed by atoms with E-state index in [1.807, 2.05) is 38.1 Å². The van der Waals surface area contributed by atoms with Crippen molar-refractivity contribution >= 4 is 21.9 Å². The van der Waals surface area contributed by atoms with Crippen LogP contribution >= 0.6 is 0 Å². The molecule has 0 saturated carbocycles. The molecule has 1 N–H and O–H groups in total. The van der Waals surface area contributed by atoms with Gasteiger partial charge in [0.2, 0.25) is 21.8 Å². The van der Waals surface area contributed by atoms with Crippen LogP contribution in [0.2, 0.25) is 0 Å². The van der Waals surface area contributed by atoms with Crippen LogP contribution in [0.25, 0.3) is 11.5 Å². The van der Waals surface area contributed by atoms with Crippen LogP contribution in [0.3, 0.4) is 0 Å². The molecule has 4 rings (SSSR count). The lowest BCUT2D eigenvalue weighted by atomic mass is 9.99. The van der Waals surface area contributed by atoms with Gasteiger partial charge in [-0.1, -0.05) is 40.5 Å². The molecule has 2 aromatic carbocycles. The molecule has 0 aliphatic carbocycles. The predicted octanol–water partition coefficient (Wildman–Crippen LogP) is 3.39. The highest BCUT2D eigenvalue weighted by molar-refractivity contribution is 7.89. The molecule has 1 aliphatic heterocycles. The van der Waals surface area contributed by atoms with Crippen LogP contribution in [0.15, 0.2) is 57.8 Å². The number of carbonyl (C=O) groups is 1. The molecule has 1 fully saturated rings. The second kappa shape index (κ2) is 8.60. The summed E-state index contributed by atoms with van der Waals surface area (Å²) in [6.45, 7) is 4.38. The molecule has 3 aromatic rings. The van der Waals surface area contributed by atoms with E-state index in [4.69, 9.17) is 4.42 Å². The van der Waals surface area contributed by atoms with Crippen LogP contribution < -0.4 is 5.32 Å². The lowest BCUT2D eigenvalue weighted by Gasteiger charge is -2.30. The molecule has 1 aromatic heterocycles. The first-order chi connectivity index (χ1) is 14.8. The first kappa shape index (κ1) is 21.2. The SMILES string of the molecule is Cc1ccc(-c2nnc(NC(=O)C3CCCN(S(=O)(=O)c4ccc(C)cc4)C3)o2)cc1. The molecule has 0 bridgehead atoms. The first-order valence-corrected chi connectivity index (χ1v) is 11.6. The normalized spacial score (nSPS) is 17.4. The summed E-state index contributed by atoms with van der Waals surface area (Å²) in [6, 6.07) is 14.3. The smallest absolute Gasteiger partial charge is 0.322 e. The molecule has 9 heteroatoms. The highest BCUT2D eigenvalue weighted by atomic mass is 32.2. The number of aryl methyl sites for hydroxylation is 2. The Kier molecular flexibility index (Phi) is 5.88. The number of nitrogens with one attached hydrogen (secondary N) is 1. The summed E-state index contributed by atoms with van der Waals surface area (Å²) in [5, 5.41) is 10.5. The topological polar surface area (TPSA) is 105 Å². The molecule has 0 spiro atoms. The zero-order valence-corrected chi connectivity index (χ0v) is 18.2. The molecular formula is C22H24N4O4S. The molecule has 31 heavy (non-hydrogen) atoms. The van der Waals surface area contributed by atoms with E-state index >= 15 is 0 Å². The molecule has 0 radical (unpaired) electrons. The van der Waals surface area contributed by atoms with Gasteiger partial charge in [-0.15, -0.1) is 5.10 Å².